The minimum atomic E-state index is 0.359. The maximum atomic E-state index is 9.15. The van der Waals surface area contributed by atoms with Crippen LogP contribution in [-0.4, -0.2) is 5.11 Å². The molecule has 0 bridgehead atoms. The molecule has 1 heteroatoms. The zero-order chi connectivity index (χ0) is 10.4. The van der Waals surface area contributed by atoms with E-state index in [1.54, 1.807) is 12.1 Å². The van der Waals surface area contributed by atoms with Crippen LogP contribution >= 0.6 is 0 Å². The van der Waals surface area contributed by atoms with E-state index >= 15 is 0 Å². The van der Waals surface area contributed by atoms with Crippen molar-refractivity contribution >= 4 is 0 Å². The number of phenolic OH excluding ortho intramolecular Hbond substituents is 1. The molecule has 0 aliphatic heterocycles. The molecule has 78 valence electrons. The van der Waals surface area contributed by atoms with Gasteiger partial charge in [-0.1, -0.05) is 45.2 Å². The van der Waals surface area contributed by atoms with E-state index in [1.807, 2.05) is 12.1 Å². The van der Waals surface area contributed by atoms with Gasteiger partial charge in [0.05, 0.1) is 0 Å². The Labute approximate surface area is 86.8 Å². The predicted octanol–water partition coefficient (Wildman–Crippen LogP) is 3.76. The Morgan fingerprint density at radius 3 is 2.29 bits per heavy atom. The minimum absolute atomic E-state index is 0.359. The van der Waals surface area contributed by atoms with Gasteiger partial charge in [-0.05, 0) is 30.0 Å². The lowest BCUT2D eigenvalue weighted by Gasteiger charge is -2.13. The van der Waals surface area contributed by atoms with Gasteiger partial charge in [0.15, 0.2) is 0 Å². The lowest BCUT2D eigenvalue weighted by atomic mass is 9.93. The first-order chi connectivity index (χ1) is 6.76. The minimum Gasteiger partial charge on any atom is -0.508 e. The SMILES string of the molecule is CCCC(CC)Cc1ccc(O)cc1. The molecule has 0 saturated carbocycles. The van der Waals surface area contributed by atoms with Crippen molar-refractivity contribution in [3.8, 4) is 5.75 Å². The van der Waals surface area contributed by atoms with Crippen molar-refractivity contribution in [2.24, 2.45) is 5.92 Å². The first kappa shape index (κ1) is 11.1. The maximum absolute atomic E-state index is 9.15. The van der Waals surface area contributed by atoms with Gasteiger partial charge >= 0.3 is 0 Å². The zero-order valence-electron chi connectivity index (χ0n) is 9.16. The molecule has 1 rings (SSSR count). The van der Waals surface area contributed by atoms with Gasteiger partial charge in [0.25, 0.3) is 0 Å². The normalized spacial score (nSPS) is 12.7. The van der Waals surface area contributed by atoms with Gasteiger partial charge in [-0.25, -0.2) is 0 Å². The first-order valence-corrected chi connectivity index (χ1v) is 5.54. The third kappa shape index (κ3) is 3.41. The number of aromatic hydroxyl groups is 1. The lowest BCUT2D eigenvalue weighted by molar-refractivity contribution is 0.459. The molecule has 0 spiro atoms. The van der Waals surface area contributed by atoms with Crippen LogP contribution < -0.4 is 0 Å². The van der Waals surface area contributed by atoms with E-state index in [0.717, 1.165) is 12.3 Å². The molecule has 1 nitrogen and oxygen atoms in total. The van der Waals surface area contributed by atoms with E-state index in [4.69, 9.17) is 5.11 Å². The second kappa shape index (κ2) is 5.69. The largest absolute Gasteiger partial charge is 0.508 e. The number of hydrogen-bond acceptors (Lipinski definition) is 1. The molecule has 1 unspecified atom stereocenters. The van der Waals surface area contributed by atoms with E-state index in [1.165, 1.54) is 24.8 Å². The van der Waals surface area contributed by atoms with E-state index < -0.39 is 0 Å². The Bertz CT molecular complexity index is 250. The van der Waals surface area contributed by atoms with Crippen LogP contribution in [0.25, 0.3) is 0 Å². The predicted molar refractivity (Wildman–Crippen MR) is 60.5 cm³/mol. The van der Waals surface area contributed by atoms with Crippen molar-refractivity contribution in [2.45, 2.75) is 39.5 Å². The van der Waals surface area contributed by atoms with Gasteiger partial charge < -0.3 is 5.11 Å². The average molecular weight is 192 g/mol. The monoisotopic (exact) mass is 192 g/mol. The zero-order valence-corrected chi connectivity index (χ0v) is 9.16. The molecule has 0 amide bonds. The van der Waals surface area contributed by atoms with Gasteiger partial charge in [-0.2, -0.15) is 0 Å². The molecule has 0 fully saturated rings. The van der Waals surface area contributed by atoms with Gasteiger partial charge in [-0.3, -0.25) is 0 Å². The summed E-state index contributed by atoms with van der Waals surface area (Å²) in [7, 11) is 0. The van der Waals surface area contributed by atoms with E-state index in [2.05, 4.69) is 13.8 Å². The van der Waals surface area contributed by atoms with Crippen molar-refractivity contribution in [3.63, 3.8) is 0 Å². The summed E-state index contributed by atoms with van der Waals surface area (Å²) in [5, 5.41) is 9.15. The van der Waals surface area contributed by atoms with Crippen LogP contribution in [-0.2, 0) is 6.42 Å². The number of benzene rings is 1. The molecule has 1 N–H and O–H groups in total. The summed E-state index contributed by atoms with van der Waals surface area (Å²) in [5.41, 5.74) is 1.34. The van der Waals surface area contributed by atoms with Crippen LogP contribution in [0.1, 0.15) is 38.7 Å². The Morgan fingerprint density at radius 2 is 1.79 bits per heavy atom. The Hall–Kier alpha value is -0.980. The van der Waals surface area contributed by atoms with Crippen molar-refractivity contribution in [3.05, 3.63) is 29.8 Å². The maximum Gasteiger partial charge on any atom is 0.115 e. The Kier molecular flexibility index (Phi) is 4.51. The second-order valence-corrected chi connectivity index (χ2v) is 3.93. The highest BCUT2D eigenvalue weighted by Gasteiger charge is 2.05. The van der Waals surface area contributed by atoms with E-state index in [-0.39, 0.29) is 0 Å². The van der Waals surface area contributed by atoms with Gasteiger partial charge in [0, 0.05) is 0 Å². The summed E-state index contributed by atoms with van der Waals surface area (Å²) < 4.78 is 0. The van der Waals surface area contributed by atoms with Crippen LogP contribution in [0.4, 0.5) is 0 Å². The van der Waals surface area contributed by atoms with Crippen molar-refractivity contribution < 1.29 is 5.11 Å². The van der Waals surface area contributed by atoms with Crippen LogP contribution in [0.5, 0.6) is 5.75 Å². The fraction of sp³-hybridized carbons (Fsp3) is 0.538. The number of phenols is 1. The fourth-order valence-corrected chi connectivity index (χ4v) is 1.82. The summed E-state index contributed by atoms with van der Waals surface area (Å²) in [6, 6.07) is 7.59. The average Bonchev–Trinajstić information content (AvgIpc) is 2.20. The molecule has 0 aromatic heterocycles. The van der Waals surface area contributed by atoms with Crippen LogP contribution in [0.2, 0.25) is 0 Å². The topological polar surface area (TPSA) is 20.2 Å². The molecule has 14 heavy (non-hydrogen) atoms. The highest BCUT2D eigenvalue weighted by atomic mass is 16.3. The summed E-state index contributed by atoms with van der Waals surface area (Å²) in [6.45, 7) is 4.49. The summed E-state index contributed by atoms with van der Waals surface area (Å²) in [5.74, 6) is 1.15. The highest BCUT2D eigenvalue weighted by Crippen LogP contribution is 2.19. The summed E-state index contributed by atoms with van der Waals surface area (Å²) in [4.78, 5) is 0. The van der Waals surface area contributed by atoms with Gasteiger partial charge in [0.1, 0.15) is 5.75 Å². The molecular formula is C13H20O. The Balaban J connectivity index is 2.53. The molecule has 0 radical (unpaired) electrons. The second-order valence-electron chi connectivity index (χ2n) is 3.93. The standard InChI is InChI=1S/C13H20O/c1-3-5-11(4-2)10-12-6-8-13(14)9-7-12/h6-9,11,14H,3-5,10H2,1-2H3. The third-order valence-corrected chi connectivity index (χ3v) is 2.73. The first-order valence-electron chi connectivity index (χ1n) is 5.54. The Morgan fingerprint density at radius 1 is 1.14 bits per heavy atom. The lowest BCUT2D eigenvalue weighted by Crippen LogP contribution is -2.02. The third-order valence-electron chi connectivity index (χ3n) is 2.73. The van der Waals surface area contributed by atoms with Crippen molar-refractivity contribution in [1.82, 2.24) is 0 Å². The van der Waals surface area contributed by atoms with Gasteiger partial charge in [-0.15, -0.1) is 0 Å². The molecule has 0 aliphatic rings. The molecule has 0 saturated heterocycles. The molecule has 0 heterocycles. The molecular weight excluding hydrogens is 172 g/mol. The highest BCUT2D eigenvalue weighted by molar-refractivity contribution is 5.26. The van der Waals surface area contributed by atoms with Crippen molar-refractivity contribution in [1.29, 1.82) is 0 Å². The number of rotatable bonds is 5. The smallest absolute Gasteiger partial charge is 0.115 e. The van der Waals surface area contributed by atoms with E-state index in [0.29, 0.717) is 5.75 Å². The van der Waals surface area contributed by atoms with Crippen LogP contribution in [0, 0.1) is 5.92 Å². The molecule has 0 aliphatic carbocycles. The van der Waals surface area contributed by atoms with Gasteiger partial charge in [0.2, 0.25) is 0 Å². The summed E-state index contributed by atoms with van der Waals surface area (Å²) >= 11 is 0. The number of hydrogen-bond donors (Lipinski definition) is 1. The van der Waals surface area contributed by atoms with Crippen LogP contribution in [0.3, 0.4) is 0 Å². The van der Waals surface area contributed by atoms with E-state index in [9.17, 15) is 0 Å². The molecule has 1 aromatic carbocycles. The van der Waals surface area contributed by atoms with Crippen molar-refractivity contribution in [2.75, 3.05) is 0 Å². The van der Waals surface area contributed by atoms with Crippen LogP contribution in [0.15, 0.2) is 24.3 Å². The summed E-state index contributed by atoms with van der Waals surface area (Å²) in [6.07, 6.45) is 4.95. The quantitative estimate of drug-likeness (QED) is 0.753. The molecule has 1 atom stereocenters. The molecule has 1 aromatic rings. The fourth-order valence-electron chi connectivity index (χ4n) is 1.82.